The summed E-state index contributed by atoms with van der Waals surface area (Å²) in [7, 11) is 1.70. The van der Waals surface area contributed by atoms with Gasteiger partial charge >= 0.3 is 0 Å². The van der Waals surface area contributed by atoms with Crippen molar-refractivity contribution >= 4 is 11.5 Å². The molecule has 0 amide bonds. The SMILES string of the molecule is CC.COc1cc2ncc(-c3nc(NC4CCNC4)ccc3C)n2nc1C1CC1. The summed E-state index contributed by atoms with van der Waals surface area (Å²) in [5.74, 6) is 2.22. The zero-order valence-corrected chi connectivity index (χ0v) is 17.7. The minimum atomic E-state index is 0.430. The van der Waals surface area contributed by atoms with Crippen LogP contribution in [0.3, 0.4) is 0 Å². The molecule has 3 aromatic heterocycles. The highest BCUT2D eigenvalue weighted by Gasteiger charge is 2.30. The van der Waals surface area contributed by atoms with Gasteiger partial charge in [-0.05, 0) is 44.4 Å². The van der Waals surface area contributed by atoms with Crippen LogP contribution in [0.4, 0.5) is 5.82 Å². The first-order valence-electron chi connectivity index (χ1n) is 10.6. The quantitative estimate of drug-likeness (QED) is 0.686. The number of methoxy groups -OCH3 is 1. The van der Waals surface area contributed by atoms with Gasteiger partial charge < -0.3 is 15.4 Å². The summed E-state index contributed by atoms with van der Waals surface area (Å²) in [6.07, 6.45) is 5.32. The van der Waals surface area contributed by atoms with Crippen LogP contribution in [0.1, 0.15) is 50.3 Å². The fourth-order valence-electron chi connectivity index (χ4n) is 3.73. The predicted octanol–water partition coefficient (Wildman–Crippen LogP) is 3.79. The Hall–Kier alpha value is -2.67. The van der Waals surface area contributed by atoms with Crippen LogP contribution in [-0.2, 0) is 0 Å². The first-order chi connectivity index (χ1) is 14.2. The highest BCUT2D eigenvalue weighted by atomic mass is 16.5. The number of nitrogens with zero attached hydrogens (tertiary/aromatic N) is 4. The lowest BCUT2D eigenvalue weighted by Crippen LogP contribution is -2.22. The van der Waals surface area contributed by atoms with Crippen molar-refractivity contribution in [1.82, 2.24) is 24.9 Å². The van der Waals surface area contributed by atoms with Crippen LogP contribution in [0.2, 0.25) is 0 Å². The van der Waals surface area contributed by atoms with Crippen LogP contribution in [0, 0.1) is 6.92 Å². The normalized spacial score (nSPS) is 18.4. The molecule has 1 aliphatic heterocycles. The number of aromatic nitrogens is 4. The molecule has 2 aliphatic rings. The fraction of sp³-hybridized carbons (Fsp3) is 0.500. The average Bonchev–Trinajstić information content (AvgIpc) is 3.32. The van der Waals surface area contributed by atoms with Gasteiger partial charge in [0.25, 0.3) is 0 Å². The van der Waals surface area contributed by atoms with E-state index in [4.69, 9.17) is 14.8 Å². The zero-order chi connectivity index (χ0) is 20.4. The Kier molecular flexibility index (Phi) is 5.67. The van der Waals surface area contributed by atoms with E-state index in [1.54, 1.807) is 7.11 Å². The smallest absolute Gasteiger partial charge is 0.157 e. The van der Waals surface area contributed by atoms with Crippen molar-refractivity contribution in [2.24, 2.45) is 0 Å². The van der Waals surface area contributed by atoms with Crippen molar-refractivity contribution in [3.8, 4) is 17.1 Å². The number of anilines is 1. The van der Waals surface area contributed by atoms with E-state index in [0.717, 1.165) is 59.4 Å². The Labute approximate surface area is 171 Å². The van der Waals surface area contributed by atoms with E-state index in [2.05, 4.69) is 28.6 Å². The molecular formula is C22H30N6O. The molecule has 1 atom stereocenters. The number of hydrogen-bond donors (Lipinski definition) is 2. The van der Waals surface area contributed by atoms with Gasteiger partial charge in [-0.25, -0.2) is 14.5 Å². The van der Waals surface area contributed by atoms with Crippen LogP contribution in [0.25, 0.3) is 17.0 Å². The highest BCUT2D eigenvalue weighted by molar-refractivity contribution is 5.65. The van der Waals surface area contributed by atoms with Crippen molar-refractivity contribution in [2.75, 3.05) is 25.5 Å². The number of rotatable bonds is 5. The van der Waals surface area contributed by atoms with Gasteiger partial charge in [0.1, 0.15) is 23.0 Å². The van der Waals surface area contributed by atoms with Gasteiger partial charge in [-0.1, -0.05) is 19.9 Å². The molecule has 1 aliphatic carbocycles. The Balaban J connectivity index is 0.000000994. The van der Waals surface area contributed by atoms with Gasteiger partial charge in [0, 0.05) is 24.6 Å². The second-order valence-electron chi connectivity index (χ2n) is 7.48. The van der Waals surface area contributed by atoms with Gasteiger partial charge in [0.15, 0.2) is 5.65 Å². The van der Waals surface area contributed by atoms with Gasteiger partial charge in [-0.2, -0.15) is 5.10 Å². The maximum absolute atomic E-state index is 5.54. The number of fused-ring (bicyclic) bond motifs is 1. The predicted molar refractivity (Wildman–Crippen MR) is 116 cm³/mol. The minimum Gasteiger partial charge on any atom is -0.495 e. The van der Waals surface area contributed by atoms with Crippen LogP contribution in [0.15, 0.2) is 24.4 Å². The number of nitrogens with one attached hydrogen (secondary N) is 2. The van der Waals surface area contributed by atoms with E-state index in [-0.39, 0.29) is 0 Å². The Morgan fingerprint density at radius 1 is 1.21 bits per heavy atom. The zero-order valence-electron chi connectivity index (χ0n) is 17.7. The third kappa shape index (κ3) is 3.92. The third-order valence-electron chi connectivity index (χ3n) is 5.42. The number of imidazole rings is 1. The van der Waals surface area contributed by atoms with Gasteiger partial charge in [0.2, 0.25) is 0 Å². The highest BCUT2D eigenvalue weighted by Crippen LogP contribution is 2.43. The number of pyridine rings is 1. The molecule has 29 heavy (non-hydrogen) atoms. The van der Waals surface area contributed by atoms with E-state index in [1.807, 2.05) is 36.7 Å². The summed E-state index contributed by atoms with van der Waals surface area (Å²) in [6, 6.07) is 6.56. The van der Waals surface area contributed by atoms with E-state index in [1.165, 1.54) is 12.8 Å². The Morgan fingerprint density at radius 3 is 2.72 bits per heavy atom. The minimum absolute atomic E-state index is 0.430. The molecule has 5 rings (SSSR count). The van der Waals surface area contributed by atoms with Crippen LogP contribution < -0.4 is 15.4 Å². The summed E-state index contributed by atoms with van der Waals surface area (Å²) < 4.78 is 7.45. The first kappa shape index (κ1) is 19.6. The average molecular weight is 395 g/mol. The molecule has 0 spiro atoms. The molecule has 7 heteroatoms. The van der Waals surface area contributed by atoms with Gasteiger partial charge in [-0.15, -0.1) is 0 Å². The van der Waals surface area contributed by atoms with E-state index in [0.29, 0.717) is 12.0 Å². The molecule has 4 heterocycles. The fourth-order valence-corrected chi connectivity index (χ4v) is 3.73. The lowest BCUT2D eigenvalue weighted by atomic mass is 10.1. The molecule has 7 nitrogen and oxygen atoms in total. The molecule has 3 aromatic rings. The summed E-state index contributed by atoms with van der Waals surface area (Å²) in [5.41, 5.74) is 4.75. The van der Waals surface area contributed by atoms with Crippen molar-refractivity contribution in [2.45, 2.75) is 52.0 Å². The number of aryl methyl sites for hydroxylation is 1. The molecule has 0 radical (unpaired) electrons. The summed E-state index contributed by atoms with van der Waals surface area (Å²) >= 11 is 0. The molecule has 1 unspecified atom stereocenters. The Bertz CT molecular complexity index is 988. The van der Waals surface area contributed by atoms with Crippen molar-refractivity contribution in [3.63, 3.8) is 0 Å². The maximum atomic E-state index is 5.54. The molecule has 0 aromatic carbocycles. The van der Waals surface area contributed by atoms with Crippen LogP contribution >= 0.6 is 0 Å². The molecule has 0 bridgehead atoms. The van der Waals surface area contributed by atoms with Crippen molar-refractivity contribution < 1.29 is 4.74 Å². The second kappa shape index (κ2) is 8.37. The topological polar surface area (TPSA) is 76.4 Å². The Morgan fingerprint density at radius 2 is 2.03 bits per heavy atom. The third-order valence-corrected chi connectivity index (χ3v) is 5.42. The molecule has 1 saturated heterocycles. The lowest BCUT2D eigenvalue weighted by molar-refractivity contribution is 0.405. The van der Waals surface area contributed by atoms with Gasteiger partial charge in [0.05, 0.1) is 19.0 Å². The summed E-state index contributed by atoms with van der Waals surface area (Å²) in [6.45, 7) is 8.11. The van der Waals surface area contributed by atoms with E-state index < -0.39 is 0 Å². The number of hydrogen-bond acceptors (Lipinski definition) is 6. The molecule has 1 saturated carbocycles. The molecular weight excluding hydrogens is 364 g/mol. The molecule has 2 fully saturated rings. The van der Waals surface area contributed by atoms with Crippen LogP contribution in [-0.4, -0.2) is 45.8 Å². The largest absolute Gasteiger partial charge is 0.495 e. The van der Waals surface area contributed by atoms with E-state index >= 15 is 0 Å². The van der Waals surface area contributed by atoms with E-state index in [9.17, 15) is 0 Å². The maximum Gasteiger partial charge on any atom is 0.157 e. The summed E-state index contributed by atoms with van der Waals surface area (Å²) in [4.78, 5) is 9.44. The summed E-state index contributed by atoms with van der Waals surface area (Å²) in [5, 5.41) is 11.8. The van der Waals surface area contributed by atoms with Gasteiger partial charge in [-0.3, -0.25) is 0 Å². The lowest BCUT2D eigenvalue weighted by Gasteiger charge is -2.14. The molecule has 154 valence electrons. The van der Waals surface area contributed by atoms with Crippen molar-refractivity contribution in [1.29, 1.82) is 0 Å². The molecule has 2 N–H and O–H groups in total. The van der Waals surface area contributed by atoms with Crippen molar-refractivity contribution in [3.05, 3.63) is 35.7 Å². The second-order valence-corrected chi connectivity index (χ2v) is 7.48. The van der Waals surface area contributed by atoms with Crippen LogP contribution in [0.5, 0.6) is 5.75 Å². The first-order valence-corrected chi connectivity index (χ1v) is 10.6. The standard InChI is InChI=1S/C20H24N6O.C2H6/c1-12-3-6-17(23-14-7-8-21-10-14)24-19(12)15-11-22-18-9-16(27-2)20(13-4-5-13)25-26(15)18;1-2/h3,6,9,11,13-14,21H,4-5,7-8,10H2,1-2H3,(H,23,24);1-2H3. The monoisotopic (exact) mass is 394 g/mol. The number of ether oxygens (including phenoxy) is 1.